The van der Waals surface area contributed by atoms with E-state index in [2.05, 4.69) is 0 Å². The SMILES string of the molecule is Cc1c2c(c3oc(-c4ccc(O)cc4O)cc(=O)c3c1O)C=CC(C)(C)O2. The highest BCUT2D eigenvalue weighted by atomic mass is 16.5. The van der Waals surface area contributed by atoms with Gasteiger partial charge < -0.3 is 24.5 Å². The third kappa shape index (κ3) is 2.61. The number of phenols is 3. The number of fused-ring (bicyclic) bond motifs is 3. The smallest absolute Gasteiger partial charge is 0.197 e. The van der Waals surface area contributed by atoms with Crippen LogP contribution >= 0.6 is 0 Å². The number of aromatic hydroxyl groups is 3. The first-order valence-corrected chi connectivity index (χ1v) is 8.42. The molecule has 0 aliphatic carbocycles. The van der Waals surface area contributed by atoms with Gasteiger partial charge in [-0.25, -0.2) is 0 Å². The van der Waals surface area contributed by atoms with Crippen LogP contribution in [-0.2, 0) is 0 Å². The molecule has 1 aliphatic heterocycles. The Balaban J connectivity index is 2.08. The highest BCUT2D eigenvalue weighted by Gasteiger charge is 2.29. The van der Waals surface area contributed by atoms with Crippen molar-refractivity contribution in [2.45, 2.75) is 26.4 Å². The van der Waals surface area contributed by atoms with Crippen LogP contribution < -0.4 is 10.2 Å². The molecule has 1 aromatic heterocycles. The molecule has 6 nitrogen and oxygen atoms in total. The van der Waals surface area contributed by atoms with Crippen molar-refractivity contribution < 1.29 is 24.5 Å². The van der Waals surface area contributed by atoms with Gasteiger partial charge in [-0.05, 0) is 45.1 Å². The Labute approximate surface area is 154 Å². The minimum atomic E-state index is -0.564. The highest BCUT2D eigenvalue weighted by molar-refractivity contribution is 5.96. The maximum absolute atomic E-state index is 12.7. The molecule has 2 aromatic carbocycles. The Morgan fingerprint density at radius 1 is 1.07 bits per heavy atom. The van der Waals surface area contributed by atoms with Crippen molar-refractivity contribution in [1.29, 1.82) is 0 Å². The molecular formula is C21H18O6. The molecule has 0 saturated heterocycles. The summed E-state index contributed by atoms with van der Waals surface area (Å²) in [5.74, 6) is 0.0423. The van der Waals surface area contributed by atoms with Crippen LogP contribution in [0.1, 0.15) is 25.0 Å². The van der Waals surface area contributed by atoms with Gasteiger partial charge in [0.05, 0.1) is 11.1 Å². The average Bonchev–Trinajstić information content (AvgIpc) is 2.58. The lowest BCUT2D eigenvalue weighted by atomic mass is 9.96. The van der Waals surface area contributed by atoms with Crippen LogP contribution in [0.25, 0.3) is 28.4 Å². The molecule has 0 bridgehead atoms. The van der Waals surface area contributed by atoms with Crippen LogP contribution in [0, 0.1) is 6.92 Å². The molecule has 0 saturated carbocycles. The molecule has 0 spiro atoms. The summed E-state index contributed by atoms with van der Waals surface area (Å²) in [7, 11) is 0. The van der Waals surface area contributed by atoms with Gasteiger partial charge in [0.25, 0.3) is 0 Å². The Kier molecular flexibility index (Phi) is 3.49. The van der Waals surface area contributed by atoms with Crippen molar-refractivity contribution in [2.75, 3.05) is 0 Å². The first-order chi connectivity index (χ1) is 12.7. The number of phenolic OH excluding ortho intramolecular Hbond substituents is 3. The normalized spacial score (nSPS) is 14.8. The Morgan fingerprint density at radius 3 is 2.52 bits per heavy atom. The van der Waals surface area contributed by atoms with Crippen LogP contribution in [0.3, 0.4) is 0 Å². The van der Waals surface area contributed by atoms with E-state index in [0.29, 0.717) is 16.9 Å². The second-order valence-corrected chi connectivity index (χ2v) is 7.14. The lowest BCUT2D eigenvalue weighted by molar-refractivity contribution is 0.157. The molecule has 3 N–H and O–H groups in total. The molecule has 0 radical (unpaired) electrons. The second kappa shape index (κ2) is 5.54. The minimum Gasteiger partial charge on any atom is -0.508 e. The Morgan fingerprint density at radius 2 is 1.81 bits per heavy atom. The molecule has 2 heterocycles. The van der Waals surface area contributed by atoms with Crippen molar-refractivity contribution in [3.8, 4) is 34.3 Å². The van der Waals surface area contributed by atoms with E-state index in [9.17, 15) is 20.1 Å². The molecule has 6 heteroatoms. The van der Waals surface area contributed by atoms with Crippen molar-refractivity contribution in [2.24, 2.45) is 0 Å². The van der Waals surface area contributed by atoms with Gasteiger partial charge in [0.1, 0.15) is 39.7 Å². The van der Waals surface area contributed by atoms with E-state index in [-0.39, 0.29) is 39.5 Å². The standard InChI is InChI=1S/C21H18O6/c1-10-18(25)17-15(24)9-16(12-5-4-11(22)8-14(12)23)26-20(17)13-6-7-21(2,3)27-19(10)13/h4-9,22-23,25H,1-3H3. The lowest BCUT2D eigenvalue weighted by Crippen LogP contribution is -2.28. The number of rotatable bonds is 1. The highest BCUT2D eigenvalue weighted by Crippen LogP contribution is 2.44. The molecule has 0 amide bonds. The molecular weight excluding hydrogens is 348 g/mol. The summed E-state index contributed by atoms with van der Waals surface area (Å²) in [6.07, 6.45) is 3.65. The summed E-state index contributed by atoms with van der Waals surface area (Å²) in [5, 5.41) is 30.2. The summed E-state index contributed by atoms with van der Waals surface area (Å²) in [5.41, 5.74) is 0.432. The lowest BCUT2D eigenvalue weighted by Gasteiger charge is -2.29. The Hall–Kier alpha value is -3.41. The third-order valence-corrected chi connectivity index (χ3v) is 4.63. The first-order valence-electron chi connectivity index (χ1n) is 8.42. The predicted molar refractivity (Wildman–Crippen MR) is 101 cm³/mol. The first kappa shape index (κ1) is 17.0. The van der Waals surface area contributed by atoms with Gasteiger partial charge in [-0.15, -0.1) is 0 Å². The fourth-order valence-corrected chi connectivity index (χ4v) is 3.23. The zero-order valence-electron chi connectivity index (χ0n) is 15.0. The van der Waals surface area contributed by atoms with Gasteiger partial charge in [-0.3, -0.25) is 4.79 Å². The monoisotopic (exact) mass is 366 g/mol. The van der Waals surface area contributed by atoms with E-state index < -0.39 is 11.0 Å². The molecule has 27 heavy (non-hydrogen) atoms. The van der Waals surface area contributed by atoms with Crippen molar-refractivity contribution in [3.05, 3.63) is 51.7 Å². The van der Waals surface area contributed by atoms with Crippen LogP contribution in [0.2, 0.25) is 0 Å². The van der Waals surface area contributed by atoms with Crippen molar-refractivity contribution in [1.82, 2.24) is 0 Å². The van der Waals surface area contributed by atoms with Crippen molar-refractivity contribution in [3.63, 3.8) is 0 Å². The second-order valence-electron chi connectivity index (χ2n) is 7.14. The van der Waals surface area contributed by atoms with Crippen LogP contribution in [-0.4, -0.2) is 20.9 Å². The zero-order valence-corrected chi connectivity index (χ0v) is 15.0. The number of benzene rings is 2. The third-order valence-electron chi connectivity index (χ3n) is 4.63. The summed E-state index contributed by atoms with van der Waals surface area (Å²) < 4.78 is 11.9. The van der Waals surface area contributed by atoms with Gasteiger partial charge in [-0.1, -0.05) is 0 Å². The van der Waals surface area contributed by atoms with E-state index in [1.807, 2.05) is 19.9 Å². The number of ether oxygens (including phenoxy) is 1. The Bertz CT molecular complexity index is 1180. The van der Waals surface area contributed by atoms with Gasteiger partial charge in [0.15, 0.2) is 11.0 Å². The van der Waals surface area contributed by atoms with Gasteiger partial charge in [-0.2, -0.15) is 0 Å². The maximum Gasteiger partial charge on any atom is 0.197 e. The number of hydrogen-bond donors (Lipinski definition) is 3. The van der Waals surface area contributed by atoms with Gasteiger partial charge in [0, 0.05) is 17.7 Å². The molecule has 138 valence electrons. The summed E-state index contributed by atoms with van der Waals surface area (Å²) in [6.45, 7) is 5.45. The number of hydrogen-bond acceptors (Lipinski definition) is 6. The van der Waals surface area contributed by atoms with Crippen LogP contribution in [0.4, 0.5) is 0 Å². The zero-order chi connectivity index (χ0) is 19.5. The maximum atomic E-state index is 12.7. The fraction of sp³-hybridized carbons (Fsp3) is 0.190. The molecule has 3 aromatic rings. The van der Waals surface area contributed by atoms with E-state index in [1.54, 1.807) is 13.0 Å². The molecule has 0 atom stereocenters. The van der Waals surface area contributed by atoms with Crippen LogP contribution in [0.15, 0.2) is 39.6 Å². The molecule has 0 fully saturated rings. The quantitative estimate of drug-likeness (QED) is 0.600. The topological polar surface area (TPSA) is 100 Å². The summed E-state index contributed by atoms with van der Waals surface area (Å²) in [6, 6.07) is 5.20. The van der Waals surface area contributed by atoms with Gasteiger partial charge >= 0.3 is 0 Å². The largest absolute Gasteiger partial charge is 0.508 e. The van der Waals surface area contributed by atoms with E-state index in [4.69, 9.17) is 9.15 Å². The van der Waals surface area contributed by atoms with E-state index in [0.717, 1.165) is 6.07 Å². The predicted octanol–water partition coefficient (Wildman–Crippen LogP) is 4.07. The average molecular weight is 366 g/mol. The van der Waals surface area contributed by atoms with E-state index >= 15 is 0 Å². The minimum absolute atomic E-state index is 0.0567. The fourth-order valence-electron chi connectivity index (χ4n) is 3.23. The van der Waals surface area contributed by atoms with Crippen molar-refractivity contribution >= 4 is 17.0 Å². The summed E-state index contributed by atoms with van der Waals surface area (Å²) in [4.78, 5) is 12.7. The molecule has 1 aliphatic rings. The molecule has 4 rings (SSSR count). The van der Waals surface area contributed by atoms with E-state index in [1.165, 1.54) is 18.2 Å². The molecule has 0 unspecified atom stereocenters. The van der Waals surface area contributed by atoms with Gasteiger partial charge in [0.2, 0.25) is 0 Å². The van der Waals surface area contributed by atoms with Crippen LogP contribution in [0.5, 0.6) is 23.0 Å². The summed E-state index contributed by atoms with van der Waals surface area (Å²) >= 11 is 0.